The molecule has 94 valence electrons. The van der Waals surface area contributed by atoms with E-state index >= 15 is 0 Å². The fourth-order valence-electron chi connectivity index (χ4n) is 1.51. The summed E-state index contributed by atoms with van der Waals surface area (Å²) in [6, 6.07) is 5.85. The van der Waals surface area contributed by atoms with E-state index in [2.05, 4.69) is 34.7 Å². The highest BCUT2D eigenvalue weighted by Crippen LogP contribution is 2.23. The van der Waals surface area contributed by atoms with E-state index in [0.717, 1.165) is 16.3 Å². The van der Waals surface area contributed by atoms with Crippen LogP contribution in [0.1, 0.15) is 16.2 Å². The molecule has 0 bridgehead atoms. The Balaban J connectivity index is 2.42. The SMILES string of the molecule is C=C(/N=C(/c1ccco1)c1sccc1C)SNC. The van der Waals surface area contributed by atoms with Gasteiger partial charge >= 0.3 is 0 Å². The number of rotatable bonds is 5. The zero-order valence-electron chi connectivity index (χ0n) is 10.3. The summed E-state index contributed by atoms with van der Waals surface area (Å²) in [5.41, 5.74) is 2.03. The molecule has 0 aromatic carbocycles. The molecule has 0 fully saturated rings. The summed E-state index contributed by atoms with van der Waals surface area (Å²) >= 11 is 3.05. The standard InChI is InChI=1S/C13H14N2OS2/c1-9-6-8-17-13(9)12(11-5-4-7-16-11)15-10(2)18-14-3/h4-8,14H,2H2,1,3H3/b15-12-. The molecule has 0 atom stereocenters. The molecule has 0 saturated heterocycles. The van der Waals surface area contributed by atoms with Gasteiger partial charge in [0.05, 0.1) is 11.1 Å². The lowest BCUT2D eigenvalue weighted by molar-refractivity contribution is 0.558. The molecule has 0 aliphatic rings. The Morgan fingerprint density at radius 3 is 2.89 bits per heavy atom. The van der Waals surface area contributed by atoms with Gasteiger partial charge in [0.1, 0.15) is 10.7 Å². The molecule has 0 aliphatic carbocycles. The lowest BCUT2D eigenvalue weighted by Crippen LogP contribution is -2.02. The van der Waals surface area contributed by atoms with Gasteiger partial charge in [-0.15, -0.1) is 11.3 Å². The van der Waals surface area contributed by atoms with Gasteiger partial charge in [0.15, 0.2) is 5.76 Å². The molecule has 0 radical (unpaired) electrons. The molecule has 2 aromatic heterocycles. The Hall–Kier alpha value is -1.30. The number of aliphatic imine (C=N–C) groups is 1. The topological polar surface area (TPSA) is 37.5 Å². The normalized spacial score (nSPS) is 11.8. The Labute approximate surface area is 115 Å². The van der Waals surface area contributed by atoms with Crippen LogP contribution in [-0.2, 0) is 0 Å². The van der Waals surface area contributed by atoms with E-state index in [1.807, 2.05) is 19.2 Å². The summed E-state index contributed by atoms with van der Waals surface area (Å²) in [6.45, 7) is 5.98. The molecule has 2 aromatic rings. The van der Waals surface area contributed by atoms with E-state index in [4.69, 9.17) is 4.42 Å². The maximum absolute atomic E-state index is 5.46. The van der Waals surface area contributed by atoms with Crippen LogP contribution in [0.15, 0.2) is 50.9 Å². The third-order valence-electron chi connectivity index (χ3n) is 2.29. The lowest BCUT2D eigenvalue weighted by Gasteiger charge is -2.04. The van der Waals surface area contributed by atoms with Crippen LogP contribution in [0.4, 0.5) is 0 Å². The van der Waals surface area contributed by atoms with Crippen molar-refractivity contribution in [2.45, 2.75) is 6.92 Å². The summed E-state index contributed by atoms with van der Waals surface area (Å²) in [5, 5.41) is 2.76. The van der Waals surface area contributed by atoms with Gasteiger partial charge in [0.2, 0.25) is 0 Å². The van der Waals surface area contributed by atoms with Crippen LogP contribution in [0, 0.1) is 6.92 Å². The van der Waals surface area contributed by atoms with Crippen molar-refractivity contribution in [2.24, 2.45) is 4.99 Å². The number of nitrogens with zero attached hydrogens (tertiary/aromatic N) is 1. The number of hydrogen-bond donors (Lipinski definition) is 1. The zero-order chi connectivity index (χ0) is 13.0. The number of hydrogen-bond acceptors (Lipinski definition) is 5. The van der Waals surface area contributed by atoms with Gasteiger partial charge in [-0.2, -0.15) is 0 Å². The molecule has 0 spiro atoms. The van der Waals surface area contributed by atoms with Crippen molar-refractivity contribution in [3.63, 3.8) is 0 Å². The smallest absolute Gasteiger partial charge is 0.153 e. The third kappa shape index (κ3) is 2.93. The monoisotopic (exact) mass is 278 g/mol. The van der Waals surface area contributed by atoms with Crippen LogP contribution in [0.5, 0.6) is 0 Å². The number of nitrogens with one attached hydrogen (secondary N) is 1. The van der Waals surface area contributed by atoms with E-state index < -0.39 is 0 Å². The van der Waals surface area contributed by atoms with Crippen molar-refractivity contribution in [2.75, 3.05) is 7.05 Å². The summed E-state index contributed by atoms with van der Waals surface area (Å²) < 4.78 is 8.42. The van der Waals surface area contributed by atoms with Gasteiger partial charge in [-0.05, 0) is 55.1 Å². The van der Waals surface area contributed by atoms with Crippen LogP contribution in [0.3, 0.4) is 0 Å². The molecule has 1 N–H and O–H groups in total. The van der Waals surface area contributed by atoms with Gasteiger partial charge in [-0.3, -0.25) is 4.72 Å². The first-order valence-corrected chi connectivity index (χ1v) is 7.11. The van der Waals surface area contributed by atoms with Gasteiger partial charge in [0, 0.05) is 0 Å². The first kappa shape index (κ1) is 13.1. The summed E-state index contributed by atoms with van der Waals surface area (Å²) in [6.07, 6.45) is 1.65. The summed E-state index contributed by atoms with van der Waals surface area (Å²) in [5.74, 6) is 0.762. The van der Waals surface area contributed by atoms with E-state index in [1.54, 1.807) is 17.6 Å². The van der Waals surface area contributed by atoms with Crippen LogP contribution < -0.4 is 4.72 Å². The fourth-order valence-corrected chi connectivity index (χ4v) is 2.80. The van der Waals surface area contributed by atoms with Crippen molar-refractivity contribution in [1.29, 1.82) is 0 Å². The first-order valence-electron chi connectivity index (χ1n) is 5.42. The number of thiophene rings is 1. The maximum Gasteiger partial charge on any atom is 0.153 e. The van der Waals surface area contributed by atoms with Crippen molar-refractivity contribution in [1.82, 2.24) is 4.72 Å². The minimum Gasteiger partial charge on any atom is -0.463 e. The second-order valence-electron chi connectivity index (χ2n) is 3.57. The van der Waals surface area contributed by atoms with Crippen molar-refractivity contribution in [3.8, 4) is 0 Å². The van der Waals surface area contributed by atoms with Crippen LogP contribution >= 0.6 is 23.3 Å². The molecular formula is C13H14N2OS2. The highest BCUT2D eigenvalue weighted by atomic mass is 32.2. The Bertz CT molecular complexity index is 555. The average molecular weight is 278 g/mol. The quantitative estimate of drug-likeness (QED) is 0.667. The molecule has 5 heteroatoms. The van der Waals surface area contributed by atoms with Crippen molar-refractivity contribution < 1.29 is 4.42 Å². The molecule has 3 nitrogen and oxygen atoms in total. The van der Waals surface area contributed by atoms with Crippen LogP contribution in [-0.4, -0.2) is 12.8 Å². The molecule has 2 heterocycles. The summed E-state index contributed by atoms with van der Waals surface area (Å²) in [7, 11) is 1.84. The second-order valence-corrected chi connectivity index (χ2v) is 5.57. The second kappa shape index (κ2) is 6.04. The maximum atomic E-state index is 5.46. The predicted molar refractivity (Wildman–Crippen MR) is 79.2 cm³/mol. The van der Waals surface area contributed by atoms with Crippen molar-refractivity contribution >= 4 is 29.0 Å². The zero-order valence-corrected chi connectivity index (χ0v) is 11.9. The van der Waals surface area contributed by atoms with E-state index in [-0.39, 0.29) is 0 Å². The molecule has 18 heavy (non-hydrogen) atoms. The third-order valence-corrected chi connectivity index (χ3v) is 3.84. The molecule has 2 rings (SSSR count). The van der Waals surface area contributed by atoms with Gasteiger partial charge in [-0.1, -0.05) is 6.58 Å². The summed E-state index contributed by atoms with van der Waals surface area (Å²) in [4.78, 5) is 5.67. The largest absolute Gasteiger partial charge is 0.463 e. The fraction of sp³-hybridized carbons (Fsp3) is 0.154. The van der Waals surface area contributed by atoms with Crippen LogP contribution in [0.2, 0.25) is 0 Å². The van der Waals surface area contributed by atoms with E-state index in [1.165, 1.54) is 17.5 Å². The Morgan fingerprint density at radius 2 is 2.33 bits per heavy atom. The molecular weight excluding hydrogens is 264 g/mol. The van der Waals surface area contributed by atoms with Gasteiger partial charge in [-0.25, -0.2) is 4.99 Å². The van der Waals surface area contributed by atoms with Gasteiger partial charge in [0.25, 0.3) is 0 Å². The van der Waals surface area contributed by atoms with Gasteiger partial charge < -0.3 is 4.42 Å². The molecule has 0 saturated carbocycles. The van der Waals surface area contributed by atoms with E-state index in [0.29, 0.717) is 5.03 Å². The number of aryl methyl sites for hydroxylation is 1. The van der Waals surface area contributed by atoms with E-state index in [9.17, 15) is 0 Å². The molecule has 0 unspecified atom stereocenters. The average Bonchev–Trinajstić information content (AvgIpc) is 2.97. The number of furan rings is 1. The lowest BCUT2D eigenvalue weighted by atomic mass is 10.2. The molecule has 0 aliphatic heterocycles. The Morgan fingerprint density at radius 1 is 1.50 bits per heavy atom. The first-order chi connectivity index (χ1) is 8.72. The highest BCUT2D eigenvalue weighted by molar-refractivity contribution is 8.01. The predicted octanol–water partition coefficient (Wildman–Crippen LogP) is 3.83. The molecule has 0 amide bonds. The Kier molecular flexibility index (Phi) is 4.41. The van der Waals surface area contributed by atoms with Crippen LogP contribution in [0.25, 0.3) is 0 Å². The minimum atomic E-state index is 0.705. The minimum absolute atomic E-state index is 0.705. The highest BCUT2D eigenvalue weighted by Gasteiger charge is 2.14. The van der Waals surface area contributed by atoms with Crippen molar-refractivity contribution in [3.05, 3.63) is 57.7 Å².